The van der Waals surface area contributed by atoms with Gasteiger partial charge < -0.3 is 54.8 Å². The van der Waals surface area contributed by atoms with Crippen molar-refractivity contribution in [2.24, 2.45) is 0 Å². The van der Waals surface area contributed by atoms with E-state index in [0.29, 0.717) is 19.5 Å². The number of rotatable bonds is 34. The first kappa shape index (κ1) is 57.1. The van der Waals surface area contributed by atoms with E-state index in [1.807, 2.05) is 27.9 Å². The molecule has 0 aromatic carbocycles. The largest absolute Gasteiger partial charge is 0.480 e. The number of unbranched alkanes of at least 4 members (excludes halogenated alkanes) is 17. The van der Waals surface area contributed by atoms with Gasteiger partial charge in [0.25, 0.3) is 0 Å². The maximum absolute atomic E-state index is 10.6. The van der Waals surface area contributed by atoms with Crippen molar-refractivity contribution >= 4 is 30.7 Å². The van der Waals surface area contributed by atoms with Crippen molar-refractivity contribution < 1.29 is 48.4 Å². The van der Waals surface area contributed by atoms with E-state index in [-0.39, 0.29) is 13.2 Å². The Morgan fingerprint density at radius 3 is 1.16 bits per heavy atom. The Morgan fingerprint density at radius 1 is 0.540 bits per heavy atom. The predicted octanol–water partition coefficient (Wildman–Crippen LogP) is 4.90. The molecular weight excluding hydrogens is 646 g/mol. The molecule has 50 heavy (non-hydrogen) atoms. The zero-order valence-corrected chi connectivity index (χ0v) is 32.5. The monoisotopic (exact) mass is 724 g/mol. The van der Waals surface area contributed by atoms with Crippen molar-refractivity contribution in [1.29, 1.82) is 0 Å². The van der Waals surface area contributed by atoms with Gasteiger partial charge in [-0.15, -0.1) is 0 Å². The maximum atomic E-state index is 10.6. The molecule has 13 nitrogen and oxygen atoms in total. The van der Waals surface area contributed by atoms with Crippen LogP contribution < -0.4 is 16.0 Å². The lowest BCUT2D eigenvalue weighted by Gasteiger charge is -2.04. The van der Waals surface area contributed by atoms with Crippen molar-refractivity contribution in [1.82, 2.24) is 16.0 Å². The summed E-state index contributed by atoms with van der Waals surface area (Å²) in [5.41, 5.74) is 0. The molecule has 0 spiro atoms. The van der Waals surface area contributed by atoms with Crippen LogP contribution in [0, 0.1) is 0 Å². The average Bonchev–Trinajstić information content (AvgIpc) is 3.14. The Kier molecular flexibility index (Phi) is 70.6. The minimum atomic E-state index is -1.13. The summed E-state index contributed by atoms with van der Waals surface area (Å²) in [6.45, 7) is 7.78. The van der Waals surface area contributed by atoms with Crippen LogP contribution in [0.3, 0.4) is 0 Å². The number of carbonyl (C=O) groups excluding carboxylic acids is 4. The highest BCUT2D eigenvalue weighted by atomic mass is 16.5. The summed E-state index contributed by atoms with van der Waals surface area (Å²) in [4.78, 5) is 50.6. The summed E-state index contributed by atoms with van der Waals surface area (Å²) in [5.74, 6) is -1.68. The summed E-state index contributed by atoms with van der Waals surface area (Å²) in [6, 6.07) is 0. The lowest BCUT2D eigenvalue weighted by atomic mass is 10.0. The number of hydrogen-bond donors (Lipinski definition) is 5. The molecule has 0 heterocycles. The summed E-state index contributed by atoms with van der Waals surface area (Å²) < 4.78 is 15.0. The highest BCUT2D eigenvalue weighted by Gasteiger charge is 2.02. The van der Waals surface area contributed by atoms with E-state index in [9.17, 15) is 24.0 Å². The number of aliphatic hydroxyl groups is 1. The summed E-state index contributed by atoms with van der Waals surface area (Å²) in [6.07, 6.45) is 25.2. The highest BCUT2D eigenvalue weighted by Crippen LogP contribution is 2.14. The summed E-state index contributed by atoms with van der Waals surface area (Å²) >= 11 is 0. The van der Waals surface area contributed by atoms with Gasteiger partial charge in [-0.25, -0.2) is 0 Å². The lowest BCUT2D eigenvalue weighted by Crippen LogP contribution is -2.32. The Morgan fingerprint density at radius 2 is 0.880 bits per heavy atom. The van der Waals surface area contributed by atoms with Gasteiger partial charge in [0.05, 0.1) is 26.4 Å². The van der Waals surface area contributed by atoms with Gasteiger partial charge in [-0.1, -0.05) is 104 Å². The summed E-state index contributed by atoms with van der Waals surface area (Å²) in [7, 11) is 4.82. The molecule has 1 amide bonds. The molecule has 0 aromatic rings. The zero-order chi connectivity index (χ0) is 38.6. The number of nitrogens with one attached hydrogen (secondary N) is 3. The third-order valence-electron chi connectivity index (χ3n) is 6.61. The van der Waals surface area contributed by atoms with Gasteiger partial charge >= 0.3 is 5.97 Å². The van der Waals surface area contributed by atoms with Crippen molar-refractivity contribution in [3.63, 3.8) is 0 Å². The average molecular weight is 724 g/mol. The first-order valence-corrected chi connectivity index (χ1v) is 18.8. The molecule has 0 saturated carbocycles. The molecule has 13 heteroatoms. The third-order valence-corrected chi connectivity index (χ3v) is 6.61. The second kappa shape index (κ2) is 61.9. The minimum absolute atomic E-state index is 0.166. The molecule has 0 aliphatic carbocycles. The van der Waals surface area contributed by atoms with E-state index in [2.05, 4.69) is 20.7 Å². The molecule has 0 unspecified atom stereocenters. The highest BCUT2D eigenvalue weighted by molar-refractivity contribution is 5.81. The third kappa shape index (κ3) is 71.7. The molecular formula is C37H77N3O10. The Bertz CT molecular complexity index is 625. The standard InChI is InChI=1S/C20H38O2.C8H20N2O2.C6H9NO5.C2H6.CH4O/c21-19-17-15-13-11-9-7-5-3-1-2-4-6-8-10-12-14-16-18-20-22;1-9-3-5-11-7-8-12-6-4-10-2;8-1-2-12-4-5(9)7-3-6(10)11;2*1-2/h19-20H,1-18H2;9-10H,3-8H2,1-2H3;1H,2-4H2,(H,7,9)(H,10,11);1-2H3;2H,1H3. The van der Waals surface area contributed by atoms with E-state index in [0.717, 1.165) is 71.7 Å². The number of likely N-dealkylation sites (N-methyl/N-ethyl adjacent to an activating group) is 2. The van der Waals surface area contributed by atoms with E-state index < -0.39 is 18.4 Å². The normalized spacial score (nSPS) is 9.64. The van der Waals surface area contributed by atoms with Crippen molar-refractivity contribution in [2.75, 3.05) is 80.5 Å². The molecule has 0 atom stereocenters. The molecule has 0 bridgehead atoms. The van der Waals surface area contributed by atoms with Crippen molar-refractivity contribution in [2.45, 2.75) is 129 Å². The lowest BCUT2D eigenvalue weighted by molar-refractivity contribution is -0.138. The van der Waals surface area contributed by atoms with E-state index in [4.69, 9.17) is 19.7 Å². The number of carboxylic acids is 1. The van der Waals surface area contributed by atoms with Gasteiger partial charge in [0.15, 0.2) is 0 Å². The van der Waals surface area contributed by atoms with Gasteiger partial charge in [-0.05, 0) is 26.9 Å². The fourth-order valence-electron chi connectivity index (χ4n) is 4.03. The van der Waals surface area contributed by atoms with Crippen LogP contribution in [-0.4, -0.2) is 121 Å². The van der Waals surface area contributed by atoms with Crippen LogP contribution >= 0.6 is 0 Å². The van der Waals surface area contributed by atoms with Crippen LogP contribution in [0.1, 0.15) is 129 Å². The molecule has 0 saturated heterocycles. The van der Waals surface area contributed by atoms with Gasteiger partial charge in [0.2, 0.25) is 5.91 Å². The van der Waals surface area contributed by atoms with Gasteiger partial charge in [0, 0.05) is 33.0 Å². The van der Waals surface area contributed by atoms with Crippen LogP contribution in [0.5, 0.6) is 0 Å². The number of ether oxygens (including phenoxy) is 3. The van der Waals surface area contributed by atoms with Gasteiger partial charge in [0.1, 0.15) is 38.6 Å². The SMILES string of the molecule is CC.CNCCOCCOCCNC.CO.O=CCCCCCCCCCCCCCCCCCCC=O.O=CCOCC(=O)NCC(=O)O. The number of hydrogen-bond acceptors (Lipinski definition) is 11. The molecule has 5 N–H and O–H groups in total. The molecule has 0 fully saturated rings. The molecule has 300 valence electrons. The molecule has 0 radical (unpaired) electrons. The minimum Gasteiger partial charge on any atom is -0.480 e. The topological polar surface area (TPSA) is 190 Å². The summed E-state index contributed by atoms with van der Waals surface area (Å²) in [5, 5.41) is 23.2. The van der Waals surface area contributed by atoms with Crippen LogP contribution in [0.4, 0.5) is 0 Å². The zero-order valence-electron chi connectivity index (χ0n) is 32.5. The molecule has 0 rings (SSSR count). The molecule has 0 aromatic heterocycles. The number of aldehydes is 3. The van der Waals surface area contributed by atoms with Gasteiger partial charge in [-0.2, -0.15) is 0 Å². The van der Waals surface area contributed by atoms with Crippen LogP contribution in [0.2, 0.25) is 0 Å². The molecule has 0 aliphatic rings. The first-order valence-electron chi connectivity index (χ1n) is 18.8. The van der Waals surface area contributed by atoms with Crippen molar-refractivity contribution in [3.05, 3.63) is 0 Å². The second-order valence-corrected chi connectivity index (χ2v) is 10.9. The van der Waals surface area contributed by atoms with Gasteiger partial charge in [-0.3, -0.25) is 9.59 Å². The van der Waals surface area contributed by atoms with Crippen molar-refractivity contribution in [3.8, 4) is 0 Å². The number of carbonyl (C=O) groups is 5. The first-order chi connectivity index (χ1) is 24.5. The number of amides is 1. The smallest absolute Gasteiger partial charge is 0.322 e. The van der Waals surface area contributed by atoms with E-state index >= 15 is 0 Å². The maximum Gasteiger partial charge on any atom is 0.322 e. The number of aliphatic carboxylic acids is 1. The second-order valence-electron chi connectivity index (χ2n) is 10.9. The van der Waals surface area contributed by atoms with Crippen LogP contribution in [0.15, 0.2) is 0 Å². The van der Waals surface area contributed by atoms with E-state index in [1.165, 1.54) is 89.9 Å². The van der Waals surface area contributed by atoms with E-state index in [1.54, 1.807) is 0 Å². The van der Waals surface area contributed by atoms with Crippen LogP contribution in [0.25, 0.3) is 0 Å². The fraction of sp³-hybridized carbons (Fsp3) is 0.865. The number of carboxylic acid groups (broad SMARTS) is 1. The Hall–Kier alpha value is -2.29. The molecule has 0 aliphatic heterocycles. The van der Waals surface area contributed by atoms with Crippen LogP contribution in [-0.2, 0) is 38.2 Å². The quantitative estimate of drug-likeness (QED) is 0.0447. The Labute approximate surface area is 304 Å². The fourth-order valence-corrected chi connectivity index (χ4v) is 4.03. The predicted molar refractivity (Wildman–Crippen MR) is 202 cm³/mol. The Balaban J connectivity index is -0.000000206. The number of aliphatic hydroxyl groups excluding tert-OH is 1.